The minimum Gasteiger partial charge on any atom is -0.453 e. The van der Waals surface area contributed by atoms with Gasteiger partial charge in [-0.3, -0.25) is 0 Å². The van der Waals surface area contributed by atoms with E-state index < -0.39 is 0 Å². The summed E-state index contributed by atoms with van der Waals surface area (Å²) in [7, 11) is 0. The average Bonchev–Trinajstić information content (AvgIpc) is 2.39. The molecule has 104 valence electrons. The first-order valence-corrected chi connectivity index (χ1v) is 7.33. The van der Waals surface area contributed by atoms with Gasteiger partial charge in [-0.15, -0.1) is 0 Å². The van der Waals surface area contributed by atoms with Crippen molar-refractivity contribution >= 4 is 17.6 Å². The van der Waals surface area contributed by atoms with Crippen LogP contribution in [-0.4, -0.2) is 31.7 Å². The average molecular weight is 283 g/mol. The number of hydrogen-bond donors (Lipinski definition) is 1. The molecule has 1 atom stereocenters. The zero-order chi connectivity index (χ0) is 13.7. The van der Waals surface area contributed by atoms with E-state index in [0.29, 0.717) is 10.6 Å². The molecule has 2 rings (SSSR count). The molecule has 1 heterocycles. The van der Waals surface area contributed by atoms with Gasteiger partial charge < -0.3 is 9.64 Å². The molecule has 0 aromatic heterocycles. The van der Waals surface area contributed by atoms with Crippen LogP contribution in [0.15, 0.2) is 24.3 Å². The van der Waals surface area contributed by atoms with Gasteiger partial charge in [0.05, 0.1) is 18.7 Å². The van der Waals surface area contributed by atoms with Gasteiger partial charge in [-0.1, -0.05) is 17.7 Å². The number of hydrogen-bond acceptors (Lipinski definition) is 2. The highest BCUT2D eigenvalue weighted by Crippen LogP contribution is 2.12. The summed E-state index contributed by atoms with van der Waals surface area (Å²) in [5.41, 5.74) is 0.521. The first-order valence-electron chi connectivity index (χ1n) is 6.95. The molecule has 0 bridgehead atoms. The Labute approximate surface area is 119 Å². The maximum atomic E-state index is 12.0. The molecule has 3 nitrogen and oxygen atoms in total. The minimum atomic E-state index is -0.286. The number of piperidine rings is 1. The maximum Gasteiger partial charge on any atom is 0.338 e. The van der Waals surface area contributed by atoms with Crippen LogP contribution in [-0.2, 0) is 4.74 Å². The summed E-state index contributed by atoms with van der Waals surface area (Å²) in [4.78, 5) is 13.5. The van der Waals surface area contributed by atoms with E-state index in [-0.39, 0.29) is 12.1 Å². The Hall–Kier alpha value is -1.06. The van der Waals surface area contributed by atoms with Crippen molar-refractivity contribution in [2.75, 3.05) is 19.6 Å². The van der Waals surface area contributed by atoms with Gasteiger partial charge in [0.1, 0.15) is 12.6 Å². The predicted molar refractivity (Wildman–Crippen MR) is 75.7 cm³/mol. The Bertz CT molecular complexity index is 430. The van der Waals surface area contributed by atoms with Crippen LogP contribution in [0.2, 0.25) is 5.02 Å². The van der Waals surface area contributed by atoms with Gasteiger partial charge in [-0.05, 0) is 44.4 Å². The summed E-state index contributed by atoms with van der Waals surface area (Å²) in [6.07, 6.45) is 3.84. The molecule has 1 fully saturated rings. The zero-order valence-electron chi connectivity index (χ0n) is 11.3. The summed E-state index contributed by atoms with van der Waals surface area (Å²) in [6, 6.07) is 6.89. The summed E-state index contributed by atoms with van der Waals surface area (Å²) in [6.45, 7) is 5.24. The van der Waals surface area contributed by atoms with E-state index in [1.807, 2.05) is 6.92 Å². The van der Waals surface area contributed by atoms with Crippen LogP contribution in [0.4, 0.5) is 0 Å². The molecule has 0 saturated carbocycles. The van der Waals surface area contributed by atoms with Crippen LogP contribution in [0.1, 0.15) is 36.5 Å². The Kier molecular flexibility index (Phi) is 5.23. The lowest BCUT2D eigenvalue weighted by atomic mass is 10.1. The summed E-state index contributed by atoms with van der Waals surface area (Å²) >= 11 is 5.87. The van der Waals surface area contributed by atoms with Gasteiger partial charge >= 0.3 is 5.97 Å². The third-order valence-corrected chi connectivity index (χ3v) is 3.74. The fourth-order valence-corrected chi connectivity index (χ4v) is 2.76. The highest BCUT2D eigenvalue weighted by atomic mass is 35.5. The molecule has 1 aromatic rings. The zero-order valence-corrected chi connectivity index (χ0v) is 12.1. The van der Waals surface area contributed by atoms with Gasteiger partial charge in [0.2, 0.25) is 0 Å². The summed E-state index contributed by atoms with van der Waals surface area (Å²) in [5, 5.41) is 0.559. The van der Waals surface area contributed by atoms with E-state index in [9.17, 15) is 4.79 Å². The van der Waals surface area contributed by atoms with Crippen molar-refractivity contribution in [3.63, 3.8) is 0 Å². The highest BCUT2D eigenvalue weighted by molar-refractivity contribution is 6.30. The number of esters is 1. The third kappa shape index (κ3) is 4.51. The van der Waals surface area contributed by atoms with E-state index in [0.717, 1.165) is 6.54 Å². The van der Waals surface area contributed by atoms with Crippen LogP contribution in [0.5, 0.6) is 0 Å². The summed E-state index contributed by atoms with van der Waals surface area (Å²) < 4.78 is 5.48. The van der Waals surface area contributed by atoms with Gasteiger partial charge in [-0.2, -0.15) is 0 Å². The number of likely N-dealkylation sites (tertiary alicyclic amines) is 1. The molecule has 0 unspecified atom stereocenters. The van der Waals surface area contributed by atoms with Gasteiger partial charge in [-0.25, -0.2) is 4.79 Å². The second-order valence-corrected chi connectivity index (χ2v) is 5.68. The SMILES string of the molecule is C[C@@H](C[NH+]1CCCCC1)OC(=O)c1cccc(Cl)c1. The molecule has 1 aliphatic rings. The molecule has 4 heteroatoms. The van der Waals surface area contributed by atoms with Crippen molar-refractivity contribution in [2.45, 2.75) is 32.3 Å². The van der Waals surface area contributed by atoms with Gasteiger partial charge in [0.15, 0.2) is 0 Å². The van der Waals surface area contributed by atoms with Crippen LogP contribution in [0.3, 0.4) is 0 Å². The number of benzene rings is 1. The fourth-order valence-electron chi connectivity index (χ4n) is 2.57. The van der Waals surface area contributed by atoms with Crippen molar-refractivity contribution < 1.29 is 14.4 Å². The van der Waals surface area contributed by atoms with E-state index >= 15 is 0 Å². The Morgan fingerprint density at radius 3 is 2.79 bits per heavy atom. The number of carbonyl (C=O) groups is 1. The molecule has 0 spiro atoms. The fraction of sp³-hybridized carbons (Fsp3) is 0.533. The van der Waals surface area contributed by atoms with Gasteiger partial charge in [0, 0.05) is 5.02 Å². The molecule has 1 aliphatic heterocycles. The van der Waals surface area contributed by atoms with Crippen LogP contribution >= 0.6 is 11.6 Å². The molecule has 0 radical (unpaired) electrons. The second kappa shape index (κ2) is 6.92. The van der Waals surface area contributed by atoms with Crippen molar-refractivity contribution in [1.82, 2.24) is 0 Å². The van der Waals surface area contributed by atoms with Crippen molar-refractivity contribution in [3.8, 4) is 0 Å². The molecule has 1 N–H and O–H groups in total. The van der Waals surface area contributed by atoms with Crippen molar-refractivity contribution in [3.05, 3.63) is 34.9 Å². The lowest BCUT2D eigenvalue weighted by Crippen LogP contribution is -3.13. The summed E-state index contributed by atoms with van der Waals surface area (Å²) in [5.74, 6) is -0.286. The van der Waals surface area contributed by atoms with Crippen molar-refractivity contribution in [2.24, 2.45) is 0 Å². The third-order valence-electron chi connectivity index (χ3n) is 3.51. The standard InChI is InChI=1S/C15H20ClNO2/c1-12(11-17-8-3-2-4-9-17)19-15(18)13-6-5-7-14(16)10-13/h5-7,10,12H,2-4,8-9,11H2,1H3/p+1/t12-/m0/s1. The first kappa shape index (κ1) is 14.4. The molecule has 19 heavy (non-hydrogen) atoms. The number of halogens is 1. The topological polar surface area (TPSA) is 30.7 Å². The highest BCUT2D eigenvalue weighted by Gasteiger charge is 2.19. The van der Waals surface area contributed by atoms with Crippen LogP contribution in [0, 0.1) is 0 Å². The van der Waals surface area contributed by atoms with Gasteiger partial charge in [0.25, 0.3) is 0 Å². The van der Waals surface area contributed by atoms with E-state index in [4.69, 9.17) is 16.3 Å². The number of carbonyl (C=O) groups excluding carboxylic acids is 1. The largest absolute Gasteiger partial charge is 0.453 e. The number of ether oxygens (including phenoxy) is 1. The maximum absolute atomic E-state index is 12.0. The van der Waals surface area contributed by atoms with E-state index in [2.05, 4.69) is 0 Å². The Morgan fingerprint density at radius 2 is 2.11 bits per heavy atom. The quantitative estimate of drug-likeness (QED) is 0.856. The minimum absolute atomic E-state index is 0.0559. The van der Waals surface area contributed by atoms with E-state index in [1.54, 1.807) is 24.3 Å². The molecule has 0 aliphatic carbocycles. The molecular weight excluding hydrogens is 262 g/mol. The predicted octanol–water partition coefficient (Wildman–Crippen LogP) is 1.95. The molecule has 1 aromatic carbocycles. The number of nitrogens with one attached hydrogen (secondary N) is 1. The van der Waals surface area contributed by atoms with Crippen LogP contribution in [0.25, 0.3) is 0 Å². The number of quaternary nitrogens is 1. The smallest absolute Gasteiger partial charge is 0.338 e. The monoisotopic (exact) mass is 282 g/mol. The van der Waals surface area contributed by atoms with E-state index in [1.165, 1.54) is 37.3 Å². The first-order chi connectivity index (χ1) is 9.15. The molecule has 1 saturated heterocycles. The van der Waals surface area contributed by atoms with Crippen LogP contribution < -0.4 is 4.90 Å². The van der Waals surface area contributed by atoms with Crippen molar-refractivity contribution in [1.29, 1.82) is 0 Å². The Balaban J connectivity index is 1.84. The Morgan fingerprint density at radius 1 is 1.37 bits per heavy atom. The molecular formula is C15H21ClNO2+. The lowest BCUT2D eigenvalue weighted by Gasteiger charge is -2.26. The lowest BCUT2D eigenvalue weighted by molar-refractivity contribution is -0.907. The normalized spacial score (nSPS) is 18.0. The second-order valence-electron chi connectivity index (χ2n) is 5.24. The number of rotatable bonds is 4. The molecule has 0 amide bonds.